The van der Waals surface area contributed by atoms with Crippen LogP contribution in [0.5, 0.6) is 0 Å². The SMILES string of the molecule is OCCC1CCN(Cc2ccccc2)C[C@H]1c1ccc(Cl)cc1. The van der Waals surface area contributed by atoms with Gasteiger partial charge in [-0.25, -0.2) is 0 Å². The van der Waals surface area contributed by atoms with Crippen molar-refractivity contribution in [3.8, 4) is 0 Å². The molecular weight excluding hydrogens is 306 g/mol. The number of halogens is 1. The summed E-state index contributed by atoms with van der Waals surface area (Å²) in [7, 11) is 0. The summed E-state index contributed by atoms with van der Waals surface area (Å²) in [5, 5.41) is 10.2. The highest BCUT2D eigenvalue weighted by molar-refractivity contribution is 6.30. The lowest BCUT2D eigenvalue weighted by molar-refractivity contribution is 0.130. The van der Waals surface area contributed by atoms with Gasteiger partial charge in [0.2, 0.25) is 0 Å². The Hall–Kier alpha value is -1.35. The number of rotatable bonds is 5. The van der Waals surface area contributed by atoms with Gasteiger partial charge < -0.3 is 5.11 Å². The zero-order chi connectivity index (χ0) is 16.1. The number of benzene rings is 2. The Morgan fingerprint density at radius 1 is 1.04 bits per heavy atom. The van der Waals surface area contributed by atoms with Gasteiger partial charge in [0.15, 0.2) is 0 Å². The quantitative estimate of drug-likeness (QED) is 0.882. The van der Waals surface area contributed by atoms with Crippen molar-refractivity contribution in [1.29, 1.82) is 0 Å². The number of hydrogen-bond acceptors (Lipinski definition) is 2. The van der Waals surface area contributed by atoms with Crippen molar-refractivity contribution >= 4 is 11.6 Å². The summed E-state index contributed by atoms with van der Waals surface area (Å²) in [4.78, 5) is 2.53. The zero-order valence-electron chi connectivity index (χ0n) is 13.4. The fraction of sp³-hybridized carbons (Fsp3) is 0.400. The summed E-state index contributed by atoms with van der Waals surface area (Å²) in [6.45, 7) is 3.41. The van der Waals surface area contributed by atoms with E-state index in [1.54, 1.807) is 0 Å². The number of nitrogens with zero attached hydrogens (tertiary/aromatic N) is 1. The molecular formula is C20H24ClNO. The predicted octanol–water partition coefficient (Wildman–Crippen LogP) is 4.33. The molecule has 1 unspecified atom stereocenters. The molecule has 2 aromatic rings. The van der Waals surface area contributed by atoms with Crippen LogP contribution in [0.4, 0.5) is 0 Å². The van der Waals surface area contributed by atoms with Gasteiger partial charge in [-0.15, -0.1) is 0 Å². The Labute approximate surface area is 143 Å². The molecule has 1 aliphatic rings. The Bertz CT molecular complexity index is 599. The van der Waals surface area contributed by atoms with E-state index in [-0.39, 0.29) is 6.61 Å². The molecule has 0 radical (unpaired) electrons. The Balaban J connectivity index is 1.74. The minimum absolute atomic E-state index is 0.271. The number of aliphatic hydroxyl groups excluding tert-OH is 1. The molecule has 0 aromatic heterocycles. The fourth-order valence-corrected chi connectivity index (χ4v) is 3.78. The molecule has 1 saturated heterocycles. The fourth-order valence-electron chi connectivity index (χ4n) is 3.65. The smallest absolute Gasteiger partial charge is 0.0433 e. The van der Waals surface area contributed by atoms with E-state index in [2.05, 4.69) is 47.4 Å². The second-order valence-corrected chi connectivity index (χ2v) is 6.88. The second-order valence-electron chi connectivity index (χ2n) is 6.44. The van der Waals surface area contributed by atoms with Gasteiger partial charge in [-0.3, -0.25) is 4.90 Å². The number of aliphatic hydroxyl groups is 1. The third kappa shape index (κ3) is 4.35. The van der Waals surface area contributed by atoms with E-state index in [1.807, 2.05) is 12.1 Å². The molecule has 0 saturated carbocycles. The molecule has 1 heterocycles. The van der Waals surface area contributed by atoms with Crippen molar-refractivity contribution in [3.05, 3.63) is 70.7 Å². The molecule has 1 fully saturated rings. The molecule has 3 rings (SSSR count). The molecule has 0 spiro atoms. The van der Waals surface area contributed by atoms with Crippen molar-refractivity contribution < 1.29 is 5.11 Å². The Morgan fingerprint density at radius 3 is 2.48 bits per heavy atom. The van der Waals surface area contributed by atoms with Gasteiger partial charge in [0.1, 0.15) is 0 Å². The van der Waals surface area contributed by atoms with Gasteiger partial charge in [0.05, 0.1) is 0 Å². The summed E-state index contributed by atoms with van der Waals surface area (Å²) < 4.78 is 0. The third-order valence-corrected chi connectivity index (χ3v) is 5.14. The minimum Gasteiger partial charge on any atom is -0.396 e. The number of likely N-dealkylation sites (tertiary alicyclic amines) is 1. The largest absolute Gasteiger partial charge is 0.396 e. The zero-order valence-corrected chi connectivity index (χ0v) is 14.1. The van der Waals surface area contributed by atoms with E-state index in [0.29, 0.717) is 11.8 Å². The van der Waals surface area contributed by atoms with Crippen LogP contribution in [0.2, 0.25) is 5.02 Å². The van der Waals surface area contributed by atoms with Gasteiger partial charge >= 0.3 is 0 Å². The van der Waals surface area contributed by atoms with Crippen LogP contribution in [0.3, 0.4) is 0 Å². The maximum Gasteiger partial charge on any atom is 0.0433 e. The standard InChI is InChI=1S/C20H24ClNO/c21-19-8-6-17(7-9-19)20-15-22(12-10-18(20)11-13-23)14-16-4-2-1-3-5-16/h1-9,18,20,23H,10-15H2/t18?,20-/m0/s1. The van der Waals surface area contributed by atoms with Gasteiger partial charge in [0, 0.05) is 24.7 Å². The van der Waals surface area contributed by atoms with Gasteiger partial charge in [-0.2, -0.15) is 0 Å². The van der Waals surface area contributed by atoms with Crippen molar-refractivity contribution in [1.82, 2.24) is 4.90 Å². The van der Waals surface area contributed by atoms with E-state index >= 15 is 0 Å². The van der Waals surface area contributed by atoms with Crippen LogP contribution in [-0.2, 0) is 6.54 Å². The highest BCUT2D eigenvalue weighted by atomic mass is 35.5. The van der Waals surface area contributed by atoms with Crippen LogP contribution in [-0.4, -0.2) is 29.7 Å². The molecule has 0 bridgehead atoms. The first-order valence-corrected chi connectivity index (χ1v) is 8.76. The van der Waals surface area contributed by atoms with Crippen LogP contribution in [0.15, 0.2) is 54.6 Å². The van der Waals surface area contributed by atoms with E-state index < -0.39 is 0 Å². The lowest BCUT2D eigenvalue weighted by Crippen LogP contribution is -2.39. The van der Waals surface area contributed by atoms with Crippen molar-refractivity contribution in [2.24, 2.45) is 5.92 Å². The van der Waals surface area contributed by atoms with Crippen LogP contribution in [0, 0.1) is 5.92 Å². The highest BCUT2D eigenvalue weighted by Crippen LogP contribution is 2.35. The molecule has 0 amide bonds. The van der Waals surface area contributed by atoms with Crippen LogP contribution in [0.25, 0.3) is 0 Å². The molecule has 1 aliphatic heterocycles. The number of hydrogen-bond donors (Lipinski definition) is 1. The lowest BCUT2D eigenvalue weighted by atomic mass is 9.79. The van der Waals surface area contributed by atoms with Gasteiger partial charge in [-0.05, 0) is 54.5 Å². The maximum atomic E-state index is 9.39. The average molecular weight is 330 g/mol. The third-order valence-electron chi connectivity index (χ3n) is 4.89. The lowest BCUT2D eigenvalue weighted by Gasteiger charge is -2.39. The summed E-state index contributed by atoms with van der Waals surface area (Å²) in [6.07, 6.45) is 2.02. The van der Waals surface area contributed by atoms with Crippen molar-refractivity contribution in [3.63, 3.8) is 0 Å². The normalized spacial score (nSPS) is 22.2. The van der Waals surface area contributed by atoms with Gasteiger partial charge in [0.25, 0.3) is 0 Å². The highest BCUT2D eigenvalue weighted by Gasteiger charge is 2.29. The predicted molar refractivity (Wildman–Crippen MR) is 95.7 cm³/mol. The second kappa shape index (κ2) is 7.96. The van der Waals surface area contributed by atoms with Crippen LogP contribution < -0.4 is 0 Å². The van der Waals surface area contributed by atoms with Gasteiger partial charge in [-0.1, -0.05) is 54.1 Å². The first-order chi connectivity index (χ1) is 11.3. The molecule has 2 aromatic carbocycles. The summed E-state index contributed by atoms with van der Waals surface area (Å²) in [6, 6.07) is 18.9. The molecule has 3 heteroatoms. The Morgan fingerprint density at radius 2 is 1.78 bits per heavy atom. The monoisotopic (exact) mass is 329 g/mol. The molecule has 0 aliphatic carbocycles. The van der Waals surface area contributed by atoms with E-state index in [0.717, 1.165) is 37.5 Å². The average Bonchev–Trinajstić information content (AvgIpc) is 2.58. The van der Waals surface area contributed by atoms with E-state index in [1.165, 1.54) is 11.1 Å². The van der Waals surface area contributed by atoms with Crippen molar-refractivity contribution in [2.45, 2.75) is 25.3 Å². The van der Waals surface area contributed by atoms with Crippen LogP contribution >= 0.6 is 11.6 Å². The first kappa shape index (κ1) is 16.5. The summed E-state index contributed by atoms with van der Waals surface area (Å²) in [5.74, 6) is 1.02. The van der Waals surface area contributed by atoms with Crippen molar-refractivity contribution in [2.75, 3.05) is 19.7 Å². The Kier molecular flexibility index (Phi) is 5.71. The summed E-state index contributed by atoms with van der Waals surface area (Å²) >= 11 is 6.03. The van der Waals surface area contributed by atoms with Crippen LogP contribution in [0.1, 0.15) is 29.9 Å². The number of piperidine rings is 1. The molecule has 122 valence electrons. The first-order valence-electron chi connectivity index (χ1n) is 8.39. The topological polar surface area (TPSA) is 23.5 Å². The van der Waals surface area contributed by atoms with E-state index in [9.17, 15) is 5.11 Å². The molecule has 2 atom stereocenters. The maximum absolute atomic E-state index is 9.39. The molecule has 1 N–H and O–H groups in total. The molecule has 23 heavy (non-hydrogen) atoms. The van der Waals surface area contributed by atoms with E-state index in [4.69, 9.17) is 11.6 Å². The summed E-state index contributed by atoms with van der Waals surface area (Å²) in [5.41, 5.74) is 2.70. The minimum atomic E-state index is 0.271. The molecule has 2 nitrogen and oxygen atoms in total.